The van der Waals surface area contributed by atoms with E-state index in [4.69, 9.17) is 16.2 Å². The van der Waals surface area contributed by atoms with Gasteiger partial charge in [0.2, 0.25) is 5.91 Å². The standard InChI is InChI=1S/C16H21N5O4/c1-25-8-7-21-14(18)13(15(23)19-16(21)24)20(10-12(17)22)9-11-5-3-2-4-6-11/h2-6H,7-10,18H2,1H3,(H2,17,22)(H,19,23,24). The number of aromatic nitrogens is 2. The van der Waals surface area contributed by atoms with Crippen LogP contribution in [-0.4, -0.2) is 35.7 Å². The molecular formula is C16H21N5O4. The van der Waals surface area contributed by atoms with Gasteiger partial charge < -0.3 is 21.1 Å². The van der Waals surface area contributed by atoms with Crippen LogP contribution in [0.1, 0.15) is 5.56 Å². The van der Waals surface area contributed by atoms with Gasteiger partial charge >= 0.3 is 5.69 Å². The van der Waals surface area contributed by atoms with E-state index in [1.807, 2.05) is 30.3 Å². The van der Waals surface area contributed by atoms with Gasteiger partial charge in [-0.05, 0) is 5.56 Å². The van der Waals surface area contributed by atoms with E-state index in [0.717, 1.165) is 5.56 Å². The summed E-state index contributed by atoms with van der Waals surface area (Å²) < 4.78 is 6.15. The van der Waals surface area contributed by atoms with Crippen LogP contribution in [-0.2, 0) is 22.6 Å². The number of H-pyrrole nitrogens is 1. The van der Waals surface area contributed by atoms with Crippen molar-refractivity contribution in [3.05, 3.63) is 56.7 Å². The Morgan fingerprint density at radius 2 is 1.96 bits per heavy atom. The molecule has 1 heterocycles. The average Bonchev–Trinajstić information content (AvgIpc) is 2.54. The Morgan fingerprint density at radius 1 is 1.28 bits per heavy atom. The molecule has 2 rings (SSSR count). The number of hydrogen-bond donors (Lipinski definition) is 3. The first-order valence-electron chi connectivity index (χ1n) is 7.62. The lowest BCUT2D eigenvalue weighted by molar-refractivity contribution is -0.116. The number of carbonyl (C=O) groups is 1. The summed E-state index contributed by atoms with van der Waals surface area (Å²) in [6, 6.07) is 9.22. The Labute approximate surface area is 143 Å². The Bertz CT molecular complexity index is 844. The van der Waals surface area contributed by atoms with Crippen molar-refractivity contribution in [1.82, 2.24) is 9.55 Å². The lowest BCUT2D eigenvalue weighted by Gasteiger charge is -2.25. The molecule has 1 aromatic carbocycles. The minimum Gasteiger partial charge on any atom is -0.383 e. The number of carbonyl (C=O) groups excluding carboxylic acids is 1. The maximum absolute atomic E-state index is 12.3. The zero-order valence-electron chi connectivity index (χ0n) is 13.9. The number of nitrogens with one attached hydrogen (secondary N) is 1. The molecule has 0 aliphatic rings. The van der Waals surface area contributed by atoms with Gasteiger partial charge in [-0.25, -0.2) is 4.79 Å². The van der Waals surface area contributed by atoms with Gasteiger partial charge in [0.05, 0.1) is 19.7 Å². The predicted octanol–water partition coefficient (Wildman–Crippen LogP) is -0.743. The summed E-state index contributed by atoms with van der Waals surface area (Å²) in [5.74, 6) is -0.660. The molecule has 9 nitrogen and oxygen atoms in total. The first kappa shape index (κ1) is 18.3. The monoisotopic (exact) mass is 347 g/mol. The van der Waals surface area contributed by atoms with Crippen molar-refractivity contribution in [1.29, 1.82) is 0 Å². The fraction of sp³-hybridized carbons (Fsp3) is 0.312. The number of nitrogens with zero attached hydrogens (tertiary/aromatic N) is 2. The van der Waals surface area contributed by atoms with Crippen molar-refractivity contribution < 1.29 is 9.53 Å². The highest BCUT2D eigenvalue weighted by Gasteiger charge is 2.20. The van der Waals surface area contributed by atoms with Gasteiger partial charge in [0.1, 0.15) is 11.5 Å². The number of nitrogen functional groups attached to an aromatic ring is 1. The maximum atomic E-state index is 12.3. The summed E-state index contributed by atoms with van der Waals surface area (Å²) in [6.07, 6.45) is 0. The predicted molar refractivity (Wildman–Crippen MR) is 94.3 cm³/mol. The summed E-state index contributed by atoms with van der Waals surface area (Å²) in [5.41, 5.74) is 10.9. The first-order valence-corrected chi connectivity index (χ1v) is 7.62. The van der Waals surface area contributed by atoms with Crippen LogP contribution in [0.4, 0.5) is 11.5 Å². The lowest BCUT2D eigenvalue weighted by Crippen LogP contribution is -2.41. The Hall–Kier alpha value is -3.07. The van der Waals surface area contributed by atoms with E-state index in [0.29, 0.717) is 0 Å². The molecule has 1 aromatic heterocycles. The summed E-state index contributed by atoms with van der Waals surface area (Å²) in [5, 5.41) is 0. The van der Waals surface area contributed by atoms with E-state index >= 15 is 0 Å². The molecule has 0 spiro atoms. The number of benzene rings is 1. The molecule has 2 aromatic rings. The maximum Gasteiger partial charge on any atom is 0.330 e. The fourth-order valence-electron chi connectivity index (χ4n) is 2.49. The van der Waals surface area contributed by atoms with Gasteiger partial charge in [0, 0.05) is 13.7 Å². The van der Waals surface area contributed by atoms with Crippen molar-refractivity contribution >= 4 is 17.4 Å². The zero-order chi connectivity index (χ0) is 18.4. The first-order chi connectivity index (χ1) is 11.9. The summed E-state index contributed by atoms with van der Waals surface area (Å²) >= 11 is 0. The smallest absolute Gasteiger partial charge is 0.330 e. The Morgan fingerprint density at radius 3 is 2.56 bits per heavy atom. The third-order valence-corrected chi connectivity index (χ3v) is 3.61. The molecule has 1 amide bonds. The summed E-state index contributed by atoms with van der Waals surface area (Å²) in [4.78, 5) is 39.4. The minimum atomic E-state index is -0.673. The number of primary amides is 1. The van der Waals surface area contributed by atoms with Crippen LogP contribution in [0.3, 0.4) is 0 Å². The molecule has 0 saturated heterocycles. The molecule has 25 heavy (non-hydrogen) atoms. The number of nitrogens with two attached hydrogens (primary N) is 2. The van der Waals surface area contributed by atoms with Gasteiger partial charge in [-0.1, -0.05) is 30.3 Å². The molecule has 0 aliphatic carbocycles. The van der Waals surface area contributed by atoms with E-state index in [2.05, 4.69) is 4.98 Å². The number of hydrogen-bond acceptors (Lipinski definition) is 6. The van der Waals surface area contributed by atoms with Crippen molar-refractivity contribution in [3.8, 4) is 0 Å². The van der Waals surface area contributed by atoms with Gasteiger partial charge in [-0.15, -0.1) is 0 Å². The quantitative estimate of drug-likeness (QED) is 0.575. The lowest BCUT2D eigenvalue weighted by atomic mass is 10.2. The third-order valence-electron chi connectivity index (χ3n) is 3.61. The van der Waals surface area contributed by atoms with Gasteiger partial charge in [0.15, 0.2) is 0 Å². The molecule has 134 valence electrons. The zero-order valence-corrected chi connectivity index (χ0v) is 13.9. The second kappa shape index (κ2) is 8.15. The van der Waals surface area contributed by atoms with Gasteiger partial charge in [-0.3, -0.25) is 19.1 Å². The van der Waals surface area contributed by atoms with E-state index < -0.39 is 17.2 Å². The molecule has 0 radical (unpaired) electrons. The topological polar surface area (TPSA) is 136 Å². The summed E-state index contributed by atoms with van der Waals surface area (Å²) in [7, 11) is 1.49. The van der Waals surface area contributed by atoms with Crippen LogP contribution in [0, 0.1) is 0 Å². The number of aromatic amines is 1. The Kier molecular flexibility index (Phi) is 5.96. The van der Waals surface area contributed by atoms with E-state index in [-0.39, 0.29) is 37.7 Å². The van der Waals surface area contributed by atoms with E-state index in [9.17, 15) is 14.4 Å². The van der Waals surface area contributed by atoms with Crippen LogP contribution in [0.25, 0.3) is 0 Å². The fourth-order valence-corrected chi connectivity index (χ4v) is 2.49. The highest BCUT2D eigenvalue weighted by atomic mass is 16.5. The van der Waals surface area contributed by atoms with Crippen molar-refractivity contribution in [3.63, 3.8) is 0 Å². The number of amides is 1. The molecule has 0 fully saturated rings. The highest BCUT2D eigenvalue weighted by Crippen LogP contribution is 2.19. The van der Waals surface area contributed by atoms with E-state index in [1.54, 1.807) is 0 Å². The van der Waals surface area contributed by atoms with Gasteiger partial charge in [0.25, 0.3) is 5.56 Å². The second-order valence-corrected chi connectivity index (χ2v) is 5.45. The number of rotatable bonds is 8. The van der Waals surface area contributed by atoms with Crippen LogP contribution in [0.15, 0.2) is 39.9 Å². The minimum absolute atomic E-state index is 0.0263. The molecule has 5 N–H and O–H groups in total. The molecule has 0 unspecified atom stereocenters. The summed E-state index contributed by atoms with van der Waals surface area (Å²) in [6.45, 7) is 0.426. The second-order valence-electron chi connectivity index (χ2n) is 5.45. The molecule has 0 atom stereocenters. The Balaban J connectivity index is 2.50. The molecular weight excluding hydrogens is 326 g/mol. The van der Waals surface area contributed by atoms with Gasteiger partial charge in [-0.2, -0.15) is 0 Å². The largest absolute Gasteiger partial charge is 0.383 e. The number of ether oxygens (including phenoxy) is 1. The molecule has 0 saturated carbocycles. The van der Waals surface area contributed by atoms with Crippen LogP contribution < -0.4 is 27.6 Å². The molecule has 0 aliphatic heterocycles. The normalized spacial score (nSPS) is 10.6. The molecule has 9 heteroatoms. The SMILES string of the molecule is COCCn1c(N)c(N(CC(N)=O)Cc2ccccc2)c(=O)[nH]c1=O. The number of anilines is 2. The van der Waals surface area contributed by atoms with Crippen LogP contribution in [0.2, 0.25) is 0 Å². The highest BCUT2D eigenvalue weighted by molar-refractivity contribution is 5.80. The van der Waals surface area contributed by atoms with Crippen LogP contribution in [0.5, 0.6) is 0 Å². The van der Waals surface area contributed by atoms with Crippen molar-refractivity contribution in [2.75, 3.05) is 30.9 Å². The average molecular weight is 347 g/mol. The third kappa shape index (κ3) is 4.48. The van der Waals surface area contributed by atoms with E-state index in [1.165, 1.54) is 16.6 Å². The van der Waals surface area contributed by atoms with Crippen molar-refractivity contribution in [2.45, 2.75) is 13.1 Å². The number of methoxy groups -OCH3 is 1. The molecule has 0 bridgehead atoms. The van der Waals surface area contributed by atoms with Crippen molar-refractivity contribution in [2.24, 2.45) is 5.73 Å². The van der Waals surface area contributed by atoms with Crippen LogP contribution >= 0.6 is 0 Å².